The lowest BCUT2D eigenvalue weighted by molar-refractivity contribution is 0.0711. The number of aromatic hydroxyl groups is 1. The topological polar surface area (TPSA) is 104 Å². The zero-order valence-electron chi connectivity index (χ0n) is 17.1. The maximum atomic E-state index is 13.4. The Kier molecular flexibility index (Phi) is 4.22. The third-order valence-corrected chi connectivity index (χ3v) is 6.99. The van der Waals surface area contributed by atoms with Crippen molar-refractivity contribution in [2.75, 3.05) is 6.54 Å². The molecule has 0 aliphatic carbocycles. The van der Waals surface area contributed by atoms with Crippen molar-refractivity contribution in [1.82, 2.24) is 19.0 Å². The predicted octanol–water partition coefficient (Wildman–Crippen LogP) is 3.67. The number of aromatic nitrogens is 3. The number of nitriles is 1. The van der Waals surface area contributed by atoms with Crippen LogP contribution in [0.3, 0.4) is 0 Å². The molecule has 0 saturated carbocycles. The first-order valence-electron chi connectivity index (χ1n) is 10.4. The number of hydrogen-bond acceptors (Lipinski definition) is 5. The second kappa shape index (κ2) is 7.05. The lowest BCUT2D eigenvalue weighted by Gasteiger charge is -2.27. The number of rotatable bonds is 2. The molecule has 4 aromatic rings. The van der Waals surface area contributed by atoms with E-state index in [1.165, 1.54) is 4.57 Å². The lowest BCUT2D eigenvalue weighted by Crippen LogP contribution is -2.37. The van der Waals surface area contributed by atoms with Crippen LogP contribution in [0.4, 0.5) is 0 Å². The van der Waals surface area contributed by atoms with E-state index in [0.717, 1.165) is 4.47 Å². The average molecular weight is 502 g/mol. The largest absolute Gasteiger partial charge is 0.493 e. The highest BCUT2D eigenvalue weighted by Gasteiger charge is 2.49. The van der Waals surface area contributed by atoms with E-state index in [1.54, 1.807) is 58.1 Å². The number of likely N-dealkylation sites (tertiary alicyclic amines) is 1. The van der Waals surface area contributed by atoms with Gasteiger partial charge in [0.1, 0.15) is 11.8 Å². The van der Waals surface area contributed by atoms with Crippen molar-refractivity contribution in [2.45, 2.75) is 18.5 Å². The van der Waals surface area contributed by atoms with Crippen molar-refractivity contribution < 1.29 is 9.90 Å². The van der Waals surface area contributed by atoms with Gasteiger partial charge in [0.25, 0.3) is 5.91 Å². The standard InChI is InChI=1S/C24H16BrN5O3/c25-15-4-1-3-13(9-15)22(31)28-12-16-10-19(28)21-23(32)30(24(33)29(16)21)18-7-6-14(11-26)20-17(18)5-2-8-27-20/h1-9,16,19,32H,10,12H2/t16-,19?/m1/s1. The van der Waals surface area contributed by atoms with E-state index in [-0.39, 0.29) is 23.5 Å². The molecule has 1 N–H and O–H groups in total. The van der Waals surface area contributed by atoms with E-state index in [9.17, 15) is 20.0 Å². The summed E-state index contributed by atoms with van der Waals surface area (Å²) >= 11 is 3.40. The molecule has 1 amide bonds. The van der Waals surface area contributed by atoms with Gasteiger partial charge in [-0.05, 0) is 48.9 Å². The summed E-state index contributed by atoms with van der Waals surface area (Å²) in [5.41, 5.74) is 1.93. The summed E-state index contributed by atoms with van der Waals surface area (Å²) in [4.78, 5) is 32.7. The van der Waals surface area contributed by atoms with E-state index in [1.807, 2.05) is 6.07 Å². The highest BCUT2D eigenvalue weighted by Crippen LogP contribution is 2.49. The summed E-state index contributed by atoms with van der Waals surface area (Å²) in [6.45, 7) is 0.405. The molecule has 6 rings (SSSR count). The smallest absolute Gasteiger partial charge is 0.336 e. The van der Waals surface area contributed by atoms with Crippen LogP contribution in [-0.2, 0) is 0 Å². The second-order valence-corrected chi connectivity index (χ2v) is 9.13. The Morgan fingerprint density at radius 2 is 2.06 bits per heavy atom. The summed E-state index contributed by atoms with van der Waals surface area (Å²) < 4.78 is 3.67. The van der Waals surface area contributed by atoms with Crippen molar-refractivity contribution in [3.8, 4) is 17.6 Å². The van der Waals surface area contributed by atoms with Gasteiger partial charge < -0.3 is 10.0 Å². The van der Waals surface area contributed by atoms with Crippen LogP contribution < -0.4 is 5.69 Å². The molecule has 162 valence electrons. The Morgan fingerprint density at radius 3 is 2.85 bits per heavy atom. The molecule has 2 bridgehead atoms. The number of fused-ring (bicyclic) bond motifs is 6. The first kappa shape index (κ1) is 19.8. The quantitative estimate of drug-likeness (QED) is 0.451. The van der Waals surface area contributed by atoms with Gasteiger partial charge in [-0.2, -0.15) is 5.26 Å². The molecule has 1 fully saturated rings. The molecule has 0 spiro atoms. The van der Waals surface area contributed by atoms with Gasteiger partial charge in [0.15, 0.2) is 0 Å². The third kappa shape index (κ3) is 2.71. The zero-order valence-corrected chi connectivity index (χ0v) is 18.7. The first-order valence-corrected chi connectivity index (χ1v) is 11.2. The van der Waals surface area contributed by atoms with Crippen LogP contribution in [0.25, 0.3) is 16.6 Å². The van der Waals surface area contributed by atoms with Gasteiger partial charge in [0.05, 0.1) is 28.9 Å². The summed E-state index contributed by atoms with van der Waals surface area (Å²) in [5.74, 6) is -0.322. The molecule has 1 saturated heterocycles. The Bertz CT molecular complexity index is 1580. The molecule has 2 aromatic carbocycles. The van der Waals surface area contributed by atoms with Crippen molar-refractivity contribution in [1.29, 1.82) is 5.26 Å². The first-order chi connectivity index (χ1) is 16.0. The summed E-state index contributed by atoms with van der Waals surface area (Å²) in [6, 6.07) is 15.4. The summed E-state index contributed by atoms with van der Waals surface area (Å²) in [7, 11) is 0. The van der Waals surface area contributed by atoms with Crippen molar-refractivity contribution in [2.24, 2.45) is 0 Å². The molecule has 1 unspecified atom stereocenters. The maximum Gasteiger partial charge on any atom is 0.336 e. The van der Waals surface area contributed by atoms with E-state index < -0.39 is 6.04 Å². The normalized spacial score (nSPS) is 18.5. The lowest BCUT2D eigenvalue weighted by atomic mass is 10.1. The Balaban J connectivity index is 1.48. The number of carbonyl (C=O) groups is 1. The van der Waals surface area contributed by atoms with E-state index in [0.29, 0.717) is 46.4 Å². The molecule has 2 atom stereocenters. The monoisotopic (exact) mass is 501 g/mol. The number of imidazole rings is 1. The van der Waals surface area contributed by atoms with Crippen LogP contribution in [-0.4, -0.2) is 36.6 Å². The summed E-state index contributed by atoms with van der Waals surface area (Å²) in [6.07, 6.45) is 2.18. The second-order valence-electron chi connectivity index (χ2n) is 8.21. The molecule has 0 radical (unpaired) electrons. The number of carbonyl (C=O) groups excluding carboxylic acids is 1. The Labute approximate surface area is 196 Å². The van der Waals surface area contributed by atoms with Crippen LogP contribution in [0.1, 0.15) is 40.1 Å². The van der Waals surface area contributed by atoms with Crippen LogP contribution in [0, 0.1) is 11.3 Å². The number of nitrogens with zero attached hydrogens (tertiary/aromatic N) is 5. The number of pyridine rings is 1. The SMILES string of the molecule is N#Cc1ccc(-n2c(O)c3n(c2=O)[C@@H]2CC3N(C(=O)c3cccc(Br)c3)C2)c2cccnc12. The molecule has 9 heteroatoms. The minimum absolute atomic E-state index is 0.136. The van der Waals surface area contributed by atoms with Gasteiger partial charge in [0.2, 0.25) is 5.88 Å². The van der Waals surface area contributed by atoms with Gasteiger partial charge >= 0.3 is 5.69 Å². The van der Waals surface area contributed by atoms with Gasteiger partial charge in [-0.3, -0.25) is 14.3 Å². The van der Waals surface area contributed by atoms with Gasteiger partial charge in [-0.25, -0.2) is 9.36 Å². The molecule has 2 aromatic heterocycles. The van der Waals surface area contributed by atoms with Crippen LogP contribution in [0.5, 0.6) is 5.88 Å². The van der Waals surface area contributed by atoms with Gasteiger partial charge in [-0.1, -0.05) is 22.0 Å². The molecule has 2 aliphatic rings. The number of hydrogen-bond donors (Lipinski definition) is 1. The number of amides is 1. The average Bonchev–Trinajstić information content (AvgIpc) is 3.49. The van der Waals surface area contributed by atoms with E-state index in [4.69, 9.17) is 0 Å². The highest BCUT2D eigenvalue weighted by molar-refractivity contribution is 9.10. The van der Waals surface area contributed by atoms with Crippen molar-refractivity contribution in [3.63, 3.8) is 0 Å². The minimum atomic E-state index is -0.391. The fraction of sp³-hybridized carbons (Fsp3) is 0.167. The number of halogens is 1. The maximum absolute atomic E-state index is 13.4. The molecule has 8 nitrogen and oxygen atoms in total. The molecule has 4 heterocycles. The van der Waals surface area contributed by atoms with Gasteiger partial charge in [-0.15, -0.1) is 0 Å². The summed E-state index contributed by atoms with van der Waals surface area (Å²) in [5, 5.41) is 21.2. The Hall–Kier alpha value is -3.90. The molecule has 2 aliphatic heterocycles. The fourth-order valence-electron chi connectivity index (χ4n) is 5.12. The molecule has 33 heavy (non-hydrogen) atoms. The van der Waals surface area contributed by atoms with Crippen LogP contribution >= 0.6 is 15.9 Å². The highest BCUT2D eigenvalue weighted by atomic mass is 79.9. The zero-order chi connectivity index (χ0) is 22.9. The molecular weight excluding hydrogens is 486 g/mol. The van der Waals surface area contributed by atoms with Crippen molar-refractivity contribution >= 4 is 32.7 Å². The molecular formula is C24H16BrN5O3. The Morgan fingerprint density at radius 1 is 1.21 bits per heavy atom. The van der Waals surface area contributed by atoms with Crippen LogP contribution in [0.2, 0.25) is 0 Å². The third-order valence-electron chi connectivity index (χ3n) is 6.50. The predicted molar refractivity (Wildman–Crippen MR) is 123 cm³/mol. The van der Waals surface area contributed by atoms with Crippen LogP contribution in [0.15, 0.2) is 64.0 Å². The minimum Gasteiger partial charge on any atom is -0.493 e. The van der Waals surface area contributed by atoms with Gasteiger partial charge in [0, 0.05) is 28.2 Å². The van der Waals surface area contributed by atoms with E-state index in [2.05, 4.69) is 27.0 Å². The van der Waals surface area contributed by atoms with E-state index >= 15 is 0 Å². The number of benzene rings is 2. The van der Waals surface area contributed by atoms with Crippen molar-refractivity contribution in [3.05, 3.63) is 86.5 Å². The fourth-order valence-corrected chi connectivity index (χ4v) is 5.52.